The number of nitrogens with zero attached hydrogens (tertiary/aromatic N) is 3. The van der Waals surface area contributed by atoms with E-state index in [0.29, 0.717) is 12.1 Å². The smallest absolute Gasteiger partial charge is 0.369 e. The minimum absolute atomic E-state index is 0.253. The lowest BCUT2D eigenvalue weighted by Crippen LogP contribution is -2.49. The van der Waals surface area contributed by atoms with Gasteiger partial charge in [0.1, 0.15) is 6.04 Å². The average Bonchev–Trinajstić information content (AvgIpc) is 2.84. The number of carbonyl (C=O) groups excluding carboxylic acids is 3. The van der Waals surface area contributed by atoms with E-state index in [2.05, 4.69) is 10.5 Å². The molecule has 2 heterocycles. The second-order valence-electron chi connectivity index (χ2n) is 6.63. The molecule has 0 saturated carbocycles. The summed E-state index contributed by atoms with van der Waals surface area (Å²) in [4.78, 5) is 37.0. The van der Waals surface area contributed by atoms with Gasteiger partial charge in [0, 0.05) is 20.4 Å². The number of para-hydroxylation sites is 1. The topological polar surface area (TPSA) is 101 Å². The maximum atomic E-state index is 12.8. The first-order valence-corrected chi connectivity index (χ1v) is 8.69. The van der Waals surface area contributed by atoms with Crippen molar-refractivity contribution in [3.05, 3.63) is 30.3 Å². The molecule has 3 rings (SSSR count). The molecule has 0 aromatic heterocycles. The van der Waals surface area contributed by atoms with Gasteiger partial charge >= 0.3 is 11.9 Å². The van der Waals surface area contributed by atoms with Crippen molar-refractivity contribution in [2.45, 2.75) is 45.1 Å². The van der Waals surface area contributed by atoms with Gasteiger partial charge in [-0.05, 0) is 19.1 Å². The normalized spacial score (nSPS) is 28.8. The standard InChI is InChI=1S/C18H22N4O5/c1-5-18(3)26-16(24)14(17(25)27-18)20-19-13-11(2)21(4)22(15(13)23)12-9-7-6-8-10-12/h6-11,13,19H,5H2,1-4H3. The Morgan fingerprint density at radius 2 is 1.74 bits per heavy atom. The van der Waals surface area contributed by atoms with Gasteiger partial charge in [-0.2, -0.15) is 5.10 Å². The molecule has 0 aliphatic carbocycles. The Hall–Kier alpha value is -2.94. The molecular formula is C18H22N4O5. The predicted molar refractivity (Wildman–Crippen MR) is 96.4 cm³/mol. The molecule has 144 valence electrons. The summed E-state index contributed by atoms with van der Waals surface area (Å²) >= 11 is 0. The molecule has 0 spiro atoms. The third-order valence-corrected chi connectivity index (χ3v) is 4.82. The molecule has 2 aliphatic rings. The first-order chi connectivity index (χ1) is 12.8. The SMILES string of the molecule is CCC1(C)OC(=O)C(=NNC2C(=O)N(c3ccccc3)N(C)C2C)C(=O)O1. The number of benzene rings is 1. The molecule has 9 nitrogen and oxygen atoms in total. The molecule has 1 N–H and O–H groups in total. The first kappa shape index (κ1) is 18.8. The van der Waals surface area contributed by atoms with Crippen LogP contribution in [0.4, 0.5) is 5.69 Å². The lowest BCUT2D eigenvalue weighted by Gasteiger charge is -2.31. The maximum Gasteiger partial charge on any atom is 0.369 e. The first-order valence-electron chi connectivity index (χ1n) is 8.69. The average molecular weight is 374 g/mol. The number of cyclic esters (lactones) is 2. The summed E-state index contributed by atoms with van der Waals surface area (Å²) in [5, 5.41) is 7.12. The molecule has 2 fully saturated rings. The molecule has 0 radical (unpaired) electrons. The van der Waals surface area contributed by atoms with E-state index < -0.39 is 29.5 Å². The number of nitrogens with one attached hydrogen (secondary N) is 1. The Balaban J connectivity index is 1.78. The van der Waals surface area contributed by atoms with Crippen molar-refractivity contribution in [3.63, 3.8) is 0 Å². The van der Waals surface area contributed by atoms with Gasteiger partial charge in [0.25, 0.3) is 17.4 Å². The summed E-state index contributed by atoms with van der Waals surface area (Å²) in [6.07, 6.45) is 0.320. The van der Waals surface area contributed by atoms with E-state index in [1.807, 2.05) is 37.3 Å². The zero-order chi connectivity index (χ0) is 19.8. The molecule has 2 unspecified atom stereocenters. The van der Waals surface area contributed by atoms with Crippen molar-refractivity contribution in [1.82, 2.24) is 10.4 Å². The number of hydrogen-bond acceptors (Lipinski definition) is 8. The molecule has 1 amide bonds. The fourth-order valence-electron chi connectivity index (χ4n) is 2.90. The number of likely N-dealkylation sites (N-methyl/N-ethyl adjacent to an activating group) is 1. The highest BCUT2D eigenvalue weighted by Crippen LogP contribution is 2.26. The van der Waals surface area contributed by atoms with E-state index in [1.54, 1.807) is 19.0 Å². The molecule has 2 aliphatic heterocycles. The fraction of sp³-hybridized carbons (Fsp3) is 0.444. The number of hydrazine groups is 1. The summed E-state index contributed by atoms with van der Waals surface area (Å²) in [7, 11) is 1.78. The molecule has 1 aromatic carbocycles. The van der Waals surface area contributed by atoms with Crippen LogP contribution in [0.2, 0.25) is 0 Å². The lowest BCUT2D eigenvalue weighted by atomic mass is 10.1. The largest absolute Gasteiger partial charge is 0.418 e. The molecule has 27 heavy (non-hydrogen) atoms. The van der Waals surface area contributed by atoms with Crippen LogP contribution in [-0.2, 0) is 23.9 Å². The van der Waals surface area contributed by atoms with Gasteiger partial charge in [0.05, 0.1) is 11.7 Å². The number of amides is 1. The number of ether oxygens (including phenoxy) is 2. The Labute approximate surface area is 156 Å². The Morgan fingerprint density at radius 1 is 1.15 bits per heavy atom. The van der Waals surface area contributed by atoms with Crippen LogP contribution in [-0.4, -0.2) is 53.5 Å². The fourth-order valence-corrected chi connectivity index (χ4v) is 2.90. The van der Waals surface area contributed by atoms with Gasteiger partial charge in [0.15, 0.2) is 0 Å². The molecule has 0 bridgehead atoms. The van der Waals surface area contributed by atoms with Gasteiger partial charge in [0.2, 0.25) is 0 Å². The molecular weight excluding hydrogens is 352 g/mol. The van der Waals surface area contributed by atoms with E-state index in [4.69, 9.17) is 9.47 Å². The van der Waals surface area contributed by atoms with Gasteiger partial charge < -0.3 is 9.47 Å². The van der Waals surface area contributed by atoms with Crippen LogP contribution in [0.1, 0.15) is 27.2 Å². The summed E-state index contributed by atoms with van der Waals surface area (Å²) < 4.78 is 10.3. The monoisotopic (exact) mass is 374 g/mol. The minimum Gasteiger partial charge on any atom is -0.418 e. The summed E-state index contributed by atoms with van der Waals surface area (Å²) in [5.41, 5.74) is 2.84. The number of anilines is 1. The predicted octanol–water partition coefficient (Wildman–Crippen LogP) is 0.809. The van der Waals surface area contributed by atoms with Crippen LogP contribution in [0.25, 0.3) is 0 Å². The van der Waals surface area contributed by atoms with Crippen LogP contribution in [0.5, 0.6) is 0 Å². The van der Waals surface area contributed by atoms with Crippen molar-refractivity contribution in [2.75, 3.05) is 12.1 Å². The Morgan fingerprint density at radius 3 is 2.30 bits per heavy atom. The number of hydrogen-bond donors (Lipinski definition) is 1. The highest BCUT2D eigenvalue weighted by Gasteiger charge is 2.45. The van der Waals surface area contributed by atoms with Gasteiger partial charge in [-0.1, -0.05) is 25.1 Å². The van der Waals surface area contributed by atoms with Gasteiger partial charge in [-0.3, -0.25) is 10.2 Å². The minimum atomic E-state index is -1.30. The molecule has 2 saturated heterocycles. The highest BCUT2D eigenvalue weighted by atomic mass is 16.7. The summed E-state index contributed by atoms with van der Waals surface area (Å²) in [5.74, 6) is -3.31. The van der Waals surface area contributed by atoms with Crippen LogP contribution >= 0.6 is 0 Å². The van der Waals surface area contributed by atoms with E-state index in [9.17, 15) is 14.4 Å². The molecule has 2 atom stereocenters. The van der Waals surface area contributed by atoms with Crippen molar-refractivity contribution >= 4 is 29.2 Å². The third-order valence-electron chi connectivity index (χ3n) is 4.82. The second-order valence-corrected chi connectivity index (χ2v) is 6.63. The lowest BCUT2D eigenvalue weighted by molar-refractivity contribution is -0.222. The van der Waals surface area contributed by atoms with E-state index in [-0.39, 0.29) is 11.9 Å². The van der Waals surface area contributed by atoms with Crippen LogP contribution in [0.15, 0.2) is 35.4 Å². The Bertz CT molecular complexity index is 774. The van der Waals surface area contributed by atoms with E-state index >= 15 is 0 Å². The van der Waals surface area contributed by atoms with E-state index in [0.717, 1.165) is 0 Å². The summed E-state index contributed by atoms with van der Waals surface area (Å²) in [6.45, 7) is 5.07. The molecule has 1 aromatic rings. The summed E-state index contributed by atoms with van der Waals surface area (Å²) in [6, 6.07) is 8.15. The quantitative estimate of drug-likeness (QED) is 0.615. The van der Waals surface area contributed by atoms with Crippen LogP contribution in [0.3, 0.4) is 0 Å². The van der Waals surface area contributed by atoms with E-state index in [1.165, 1.54) is 11.9 Å². The zero-order valence-electron chi connectivity index (χ0n) is 15.6. The van der Waals surface area contributed by atoms with Crippen molar-refractivity contribution < 1.29 is 23.9 Å². The number of hydrazone groups is 1. The van der Waals surface area contributed by atoms with Crippen molar-refractivity contribution in [1.29, 1.82) is 0 Å². The second kappa shape index (κ2) is 6.99. The van der Waals surface area contributed by atoms with Crippen LogP contribution in [0, 0.1) is 0 Å². The Kier molecular flexibility index (Phi) is 4.88. The van der Waals surface area contributed by atoms with Gasteiger partial charge in [-0.25, -0.2) is 19.6 Å². The highest BCUT2D eigenvalue weighted by molar-refractivity contribution is 6.63. The maximum absolute atomic E-state index is 12.8. The van der Waals surface area contributed by atoms with Crippen molar-refractivity contribution in [3.8, 4) is 0 Å². The van der Waals surface area contributed by atoms with Crippen molar-refractivity contribution in [2.24, 2.45) is 5.10 Å². The molecule has 9 heteroatoms. The number of esters is 2. The van der Waals surface area contributed by atoms with Gasteiger partial charge in [-0.15, -0.1) is 0 Å². The number of rotatable bonds is 4. The number of carbonyl (C=O) groups is 3. The van der Waals surface area contributed by atoms with Crippen LogP contribution < -0.4 is 10.4 Å². The zero-order valence-corrected chi connectivity index (χ0v) is 15.6. The third kappa shape index (κ3) is 3.37.